The zero-order valence-electron chi connectivity index (χ0n) is 17.8. The van der Waals surface area contributed by atoms with E-state index in [0.717, 1.165) is 52.3 Å². The van der Waals surface area contributed by atoms with Gasteiger partial charge >= 0.3 is 0 Å². The van der Waals surface area contributed by atoms with Crippen LogP contribution >= 0.6 is 46.0 Å². The van der Waals surface area contributed by atoms with Crippen LogP contribution in [0.4, 0.5) is 0 Å². The molecule has 1 fully saturated rings. The number of rotatable bonds is 6. The third kappa shape index (κ3) is 4.85. The maximum Gasteiger partial charge on any atom is 0.266 e. The van der Waals surface area contributed by atoms with E-state index in [-0.39, 0.29) is 4.21 Å². The van der Waals surface area contributed by atoms with Gasteiger partial charge in [-0.3, -0.25) is 4.79 Å². The van der Waals surface area contributed by atoms with Crippen LogP contribution in [0.2, 0.25) is 4.34 Å². The molecule has 0 aliphatic carbocycles. The summed E-state index contributed by atoms with van der Waals surface area (Å²) in [6, 6.07) is 8.48. The van der Waals surface area contributed by atoms with Gasteiger partial charge in [0.2, 0.25) is 0 Å². The molecule has 0 bridgehead atoms. The standard InChI is InChI=1S/C21H24ClN3O3S4/c1-14-6-7-15-17(13-14)30-21(24(15)11-12-29-2)23-20(26)16-5-3-4-10-25(16)32(27,28)19-9-8-18(22)31-19/h6-9,13,16H,3-5,10-12H2,1-2H3. The van der Waals surface area contributed by atoms with Crippen molar-refractivity contribution in [2.75, 3.05) is 18.6 Å². The number of thioether (sulfide) groups is 1. The highest BCUT2D eigenvalue weighted by Crippen LogP contribution is 2.32. The van der Waals surface area contributed by atoms with E-state index in [2.05, 4.69) is 27.8 Å². The van der Waals surface area contributed by atoms with Gasteiger partial charge in [-0.2, -0.15) is 21.1 Å². The van der Waals surface area contributed by atoms with Crippen LogP contribution < -0.4 is 4.80 Å². The largest absolute Gasteiger partial charge is 0.316 e. The molecular weight excluding hydrogens is 506 g/mol. The number of carbonyl (C=O) groups is 1. The average Bonchev–Trinajstić information content (AvgIpc) is 3.35. The molecule has 1 aromatic carbocycles. The Morgan fingerprint density at radius 1 is 1.25 bits per heavy atom. The predicted octanol–water partition coefficient (Wildman–Crippen LogP) is 4.76. The maximum absolute atomic E-state index is 13.3. The summed E-state index contributed by atoms with van der Waals surface area (Å²) in [6.07, 6.45) is 4.03. The first kappa shape index (κ1) is 24.0. The lowest BCUT2D eigenvalue weighted by Crippen LogP contribution is -2.47. The van der Waals surface area contributed by atoms with Gasteiger partial charge in [0.1, 0.15) is 10.3 Å². The molecule has 0 spiro atoms. The number of fused-ring (bicyclic) bond motifs is 1. The molecule has 1 aliphatic heterocycles. The fourth-order valence-corrected chi connectivity index (χ4v) is 8.61. The topological polar surface area (TPSA) is 71.7 Å². The zero-order chi connectivity index (χ0) is 22.9. The molecule has 0 saturated carbocycles. The van der Waals surface area contributed by atoms with E-state index in [1.54, 1.807) is 17.8 Å². The van der Waals surface area contributed by atoms with E-state index < -0.39 is 22.0 Å². The second kappa shape index (κ2) is 9.99. The molecule has 6 nitrogen and oxygen atoms in total. The van der Waals surface area contributed by atoms with Crippen LogP contribution in [0.5, 0.6) is 0 Å². The normalized spacial score (nSPS) is 18.5. The Morgan fingerprint density at radius 3 is 2.78 bits per heavy atom. The van der Waals surface area contributed by atoms with E-state index in [1.165, 1.54) is 21.7 Å². The van der Waals surface area contributed by atoms with E-state index in [4.69, 9.17) is 11.6 Å². The number of thiazole rings is 1. The van der Waals surface area contributed by atoms with E-state index >= 15 is 0 Å². The van der Waals surface area contributed by atoms with Gasteiger partial charge in [0.15, 0.2) is 4.80 Å². The average molecular weight is 530 g/mol. The van der Waals surface area contributed by atoms with Crippen molar-refractivity contribution < 1.29 is 13.2 Å². The molecule has 2 aromatic heterocycles. The van der Waals surface area contributed by atoms with Gasteiger partial charge in [-0.15, -0.1) is 11.3 Å². The van der Waals surface area contributed by atoms with Crippen molar-refractivity contribution in [1.29, 1.82) is 0 Å². The molecule has 1 unspecified atom stereocenters. The highest BCUT2D eigenvalue weighted by atomic mass is 35.5. The monoisotopic (exact) mass is 529 g/mol. The molecular formula is C21H24ClN3O3S4. The van der Waals surface area contributed by atoms with Crippen LogP contribution in [0.25, 0.3) is 10.2 Å². The van der Waals surface area contributed by atoms with Crippen LogP contribution in [-0.4, -0.2) is 47.8 Å². The number of nitrogens with zero attached hydrogens (tertiary/aromatic N) is 3. The summed E-state index contributed by atoms with van der Waals surface area (Å²) in [4.78, 5) is 18.4. The van der Waals surface area contributed by atoms with Gasteiger partial charge in [-0.1, -0.05) is 35.4 Å². The molecule has 3 heterocycles. The van der Waals surface area contributed by atoms with Crippen LogP contribution in [0.3, 0.4) is 0 Å². The minimum absolute atomic E-state index is 0.162. The molecule has 1 aliphatic rings. The van der Waals surface area contributed by atoms with Crippen molar-refractivity contribution in [3.63, 3.8) is 0 Å². The Balaban J connectivity index is 1.73. The summed E-state index contributed by atoms with van der Waals surface area (Å²) < 4.78 is 31.5. The second-order valence-electron chi connectivity index (χ2n) is 7.64. The number of carbonyl (C=O) groups excluding carboxylic acids is 1. The number of aromatic nitrogens is 1. The number of piperidine rings is 1. The van der Waals surface area contributed by atoms with Gasteiger partial charge in [-0.05, 0) is 55.9 Å². The molecule has 3 aromatic rings. The molecule has 11 heteroatoms. The SMILES string of the molecule is CSCCn1c(=NC(=O)C2CCCCN2S(=O)(=O)c2ccc(Cl)s2)sc2cc(C)ccc21. The lowest BCUT2D eigenvalue weighted by Gasteiger charge is -2.31. The molecule has 1 atom stereocenters. The zero-order valence-corrected chi connectivity index (χ0v) is 21.8. The smallest absolute Gasteiger partial charge is 0.266 e. The number of sulfonamides is 1. The highest BCUT2D eigenvalue weighted by molar-refractivity contribution is 7.98. The third-order valence-electron chi connectivity index (χ3n) is 5.41. The number of benzene rings is 1. The Bertz CT molecular complexity index is 1310. The molecule has 1 amide bonds. The van der Waals surface area contributed by atoms with Crippen molar-refractivity contribution in [1.82, 2.24) is 8.87 Å². The van der Waals surface area contributed by atoms with Gasteiger partial charge < -0.3 is 4.57 Å². The van der Waals surface area contributed by atoms with Gasteiger partial charge in [0.05, 0.1) is 14.6 Å². The van der Waals surface area contributed by atoms with Crippen molar-refractivity contribution in [2.45, 2.75) is 43.0 Å². The maximum atomic E-state index is 13.3. The first-order valence-electron chi connectivity index (χ1n) is 10.3. The Morgan fingerprint density at radius 2 is 2.06 bits per heavy atom. The molecule has 0 radical (unpaired) electrons. The summed E-state index contributed by atoms with van der Waals surface area (Å²) >= 11 is 10.2. The molecule has 172 valence electrons. The van der Waals surface area contributed by atoms with E-state index in [0.29, 0.717) is 22.1 Å². The quantitative estimate of drug-likeness (QED) is 0.461. The summed E-state index contributed by atoms with van der Waals surface area (Å²) in [5.74, 6) is 0.488. The molecule has 0 N–H and O–H groups in total. The number of hydrogen-bond donors (Lipinski definition) is 0. The summed E-state index contributed by atoms with van der Waals surface area (Å²) in [7, 11) is -3.80. The van der Waals surface area contributed by atoms with Crippen molar-refractivity contribution in [3.8, 4) is 0 Å². The van der Waals surface area contributed by atoms with Gasteiger partial charge in [0, 0.05) is 18.8 Å². The van der Waals surface area contributed by atoms with Gasteiger partial charge in [0.25, 0.3) is 15.9 Å². The van der Waals surface area contributed by atoms with Crippen LogP contribution in [0.1, 0.15) is 24.8 Å². The Kier molecular flexibility index (Phi) is 7.48. The number of hydrogen-bond acceptors (Lipinski definition) is 6. The van der Waals surface area contributed by atoms with Crippen molar-refractivity contribution >= 4 is 72.2 Å². The Labute approximate surface area is 205 Å². The minimum Gasteiger partial charge on any atom is -0.316 e. The third-order valence-corrected chi connectivity index (χ3v) is 10.7. The van der Waals surface area contributed by atoms with Crippen molar-refractivity contribution in [3.05, 3.63) is 45.0 Å². The van der Waals surface area contributed by atoms with Crippen molar-refractivity contribution in [2.24, 2.45) is 4.99 Å². The summed E-state index contributed by atoms with van der Waals surface area (Å²) in [5.41, 5.74) is 2.19. The predicted molar refractivity (Wildman–Crippen MR) is 134 cm³/mol. The number of thiophene rings is 1. The first-order chi connectivity index (χ1) is 15.3. The summed E-state index contributed by atoms with van der Waals surface area (Å²) in [5, 5.41) is 0. The number of halogens is 1. The number of amides is 1. The van der Waals surface area contributed by atoms with E-state index in [9.17, 15) is 13.2 Å². The van der Waals surface area contributed by atoms with Gasteiger partial charge in [-0.25, -0.2) is 8.42 Å². The fourth-order valence-electron chi connectivity index (χ4n) is 3.82. The molecule has 4 rings (SSSR count). The lowest BCUT2D eigenvalue weighted by atomic mass is 10.0. The van der Waals surface area contributed by atoms with Crippen LogP contribution in [0, 0.1) is 6.92 Å². The molecule has 32 heavy (non-hydrogen) atoms. The second-order valence-corrected chi connectivity index (χ2v) is 13.5. The van der Waals surface area contributed by atoms with E-state index in [1.807, 2.05) is 13.2 Å². The summed E-state index contributed by atoms with van der Waals surface area (Å²) in [6.45, 7) is 3.08. The number of aryl methyl sites for hydroxylation is 2. The van der Waals surface area contributed by atoms with Crippen LogP contribution in [0.15, 0.2) is 39.5 Å². The lowest BCUT2D eigenvalue weighted by molar-refractivity contribution is -0.122. The highest BCUT2D eigenvalue weighted by Gasteiger charge is 2.38. The molecule has 1 saturated heterocycles. The minimum atomic E-state index is -3.80. The fraction of sp³-hybridized carbons (Fsp3) is 0.429. The van der Waals surface area contributed by atoms with Crippen LogP contribution in [-0.2, 0) is 21.4 Å². The Hall–Kier alpha value is -1.17. The first-order valence-corrected chi connectivity index (χ1v) is 15.1.